The number of benzene rings is 3. The number of rotatable bonds is 8. The Morgan fingerprint density at radius 2 is 1.67 bits per heavy atom. The number of hydrogen-bond donors (Lipinski definition) is 1. The Morgan fingerprint density at radius 1 is 0.970 bits per heavy atom. The van der Waals surface area contributed by atoms with Crippen LogP contribution in [0.1, 0.15) is 16.7 Å². The van der Waals surface area contributed by atoms with Gasteiger partial charge in [0.05, 0.1) is 18.8 Å². The van der Waals surface area contributed by atoms with Crippen molar-refractivity contribution in [3.63, 3.8) is 0 Å². The molecule has 4 rings (SSSR count). The van der Waals surface area contributed by atoms with Crippen molar-refractivity contribution in [3.05, 3.63) is 89.5 Å². The highest BCUT2D eigenvalue weighted by molar-refractivity contribution is 5.69. The van der Waals surface area contributed by atoms with Crippen LogP contribution >= 0.6 is 0 Å². The molecule has 5 nitrogen and oxygen atoms in total. The molecule has 0 aromatic heterocycles. The number of carbonyl (C=O) groups is 1. The van der Waals surface area contributed by atoms with Crippen molar-refractivity contribution in [1.29, 1.82) is 0 Å². The van der Waals surface area contributed by atoms with Gasteiger partial charge in [-0.25, -0.2) is 4.79 Å². The van der Waals surface area contributed by atoms with Crippen LogP contribution in [0.2, 0.25) is 0 Å². The minimum atomic E-state index is -4.55. The quantitative estimate of drug-likeness (QED) is 0.498. The van der Waals surface area contributed by atoms with E-state index in [0.717, 1.165) is 0 Å². The highest BCUT2D eigenvalue weighted by atomic mass is 19.4. The number of carboxylic acid groups (broad SMARTS) is 1. The molecule has 33 heavy (non-hydrogen) atoms. The zero-order valence-corrected chi connectivity index (χ0v) is 17.5. The van der Waals surface area contributed by atoms with Crippen LogP contribution in [-0.4, -0.2) is 30.9 Å². The summed E-state index contributed by atoms with van der Waals surface area (Å²) in [5.41, 5.74) is -0.247. The summed E-state index contributed by atoms with van der Waals surface area (Å²) in [6.07, 6.45) is -4.55. The Kier molecular flexibility index (Phi) is 6.40. The molecule has 3 aromatic carbocycles. The predicted molar refractivity (Wildman–Crippen MR) is 114 cm³/mol. The second kappa shape index (κ2) is 9.25. The predicted octanol–water partition coefficient (Wildman–Crippen LogP) is 5.28. The fourth-order valence-electron chi connectivity index (χ4n) is 3.75. The van der Waals surface area contributed by atoms with E-state index in [4.69, 9.17) is 19.3 Å². The maximum atomic E-state index is 14.0. The van der Waals surface area contributed by atoms with E-state index in [1.54, 1.807) is 60.7 Å². The van der Waals surface area contributed by atoms with Crippen molar-refractivity contribution in [3.8, 4) is 16.9 Å². The molecule has 1 saturated heterocycles. The summed E-state index contributed by atoms with van der Waals surface area (Å²) in [4.78, 5) is 10.8. The Balaban J connectivity index is 1.53. The van der Waals surface area contributed by atoms with Gasteiger partial charge in [-0.15, -0.1) is 0 Å². The molecular formula is C25H21F3O5. The van der Waals surface area contributed by atoms with E-state index >= 15 is 0 Å². The minimum absolute atomic E-state index is 0.0292. The molecule has 0 unspecified atom stereocenters. The summed E-state index contributed by atoms with van der Waals surface area (Å²) in [6, 6.07) is 19.5. The lowest BCUT2D eigenvalue weighted by Gasteiger charge is -2.41. The van der Waals surface area contributed by atoms with Crippen LogP contribution in [0.5, 0.6) is 5.75 Å². The van der Waals surface area contributed by atoms with E-state index in [9.17, 15) is 18.0 Å². The van der Waals surface area contributed by atoms with Crippen molar-refractivity contribution in [2.24, 2.45) is 0 Å². The second-order valence-electron chi connectivity index (χ2n) is 7.69. The van der Waals surface area contributed by atoms with Crippen molar-refractivity contribution in [2.45, 2.75) is 18.4 Å². The Bertz CT molecular complexity index is 1110. The van der Waals surface area contributed by atoms with Gasteiger partial charge in [-0.3, -0.25) is 0 Å². The second-order valence-corrected chi connectivity index (χ2v) is 7.69. The Hall–Kier alpha value is -3.36. The third-order valence-corrected chi connectivity index (χ3v) is 5.44. The van der Waals surface area contributed by atoms with Gasteiger partial charge in [0, 0.05) is 5.56 Å². The fraction of sp³-hybridized carbons (Fsp3) is 0.240. The number of carboxylic acids is 1. The van der Waals surface area contributed by atoms with Crippen LogP contribution < -0.4 is 4.74 Å². The number of ether oxygens (including phenoxy) is 3. The molecule has 0 saturated carbocycles. The maximum Gasteiger partial charge on any atom is 0.417 e. The monoisotopic (exact) mass is 458 g/mol. The third-order valence-electron chi connectivity index (χ3n) is 5.44. The molecule has 0 spiro atoms. The summed E-state index contributed by atoms with van der Waals surface area (Å²) in [6.45, 7) is -0.276. The number of hydrogen-bond acceptors (Lipinski definition) is 4. The van der Waals surface area contributed by atoms with E-state index in [1.165, 1.54) is 12.1 Å². The summed E-state index contributed by atoms with van der Waals surface area (Å²) >= 11 is 0. The number of aliphatic carboxylic acids is 1. The average Bonchev–Trinajstić information content (AvgIpc) is 2.77. The minimum Gasteiger partial charge on any atom is -0.489 e. The van der Waals surface area contributed by atoms with E-state index in [-0.39, 0.29) is 30.9 Å². The maximum absolute atomic E-state index is 14.0. The highest BCUT2D eigenvalue weighted by Crippen LogP contribution is 2.40. The molecule has 0 aliphatic carbocycles. The van der Waals surface area contributed by atoms with Gasteiger partial charge in [-0.1, -0.05) is 60.7 Å². The molecule has 0 bridgehead atoms. The molecule has 1 fully saturated rings. The van der Waals surface area contributed by atoms with Crippen LogP contribution in [0.25, 0.3) is 11.1 Å². The normalized spacial score (nSPS) is 15.0. The lowest BCUT2D eigenvalue weighted by Crippen LogP contribution is -2.49. The van der Waals surface area contributed by atoms with E-state index < -0.39 is 29.9 Å². The van der Waals surface area contributed by atoms with Crippen molar-refractivity contribution >= 4 is 5.97 Å². The van der Waals surface area contributed by atoms with E-state index in [0.29, 0.717) is 16.9 Å². The smallest absolute Gasteiger partial charge is 0.417 e. The molecule has 3 aromatic rings. The lowest BCUT2D eigenvalue weighted by atomic mass is 9.91. The number of halogens is 3. The van der Waals surface area contributed by atoms with Gasteiger partial charge in [-0.2, -0.15) is 13.2 Å². The fourth-order valence-corrected chi connectivity index (χ4v) is 3.75. The first kappa shape index (κ1) is 22.8. The SMILES string of the molecule is O=C(O)COC1(c2ccc(OCc3cccc(-c4ccccc4)c3C(F)(F)F)cc2)COC1. The van der Waals surface area contributed by atoms with E-state index in [2.05, 4.69) is 0 Å². The Labute approximate surface area is 188 Å². The molecule has 1 N–H and O–H groups in total. The molecule has 172 valence electrons. The zero-order valence-electron chi connectivity index (χ0n) is 17.5. The number of alkyl halides is 3. The topological polar surface area (TPSA) is 65.0 Å². The summed E-state index contributed by atoms with van der Waals surface area (Å²) in [5.74, 6) is -0.704. The van der Waals surface area contributed by atoms with Gasteiger partial charge in [0.25, 0.3) is 0 Å². The van der Waals surface area contributed by atoms with Gasteiger partial charge in [0.2, 0.25) is 0 Å². The zero-order chi connectivity index (χ0) is 23.5. The first-order valence-corrected chi connectivity index (χ1v) is 10.2. The van der Waals surface area contributed by atoms with Crippen LogP contribution in [0, 0.1) is 0 Å². The van der Waals surface area contributed by atoms with Crippen molar-refractivity contribution in [2.75, 3.05) is 19.8 Å². The van der Waals surface area contributed by atoms with Crippen LogP contribution in [-0.2, 0) is 32.7 Å². The van der Waals surface area contributed by atoms with Crippen molar-refractivity contribution < 1.29 is 37.3 Å². The average molecular weight is 458 g/mol. The largest absolute Gasteiger partial charge is 0.489 e. The molecule has 1 heterocycles. The lowest BCUT2D eigenvalue weighted by molar-refractivity contribution is -0.220. The first-order chi connectivity index (χ1) is 15.8. The van der Waals surface area contributed by atoms with E-state index in [1.807, 2.05) is 0 Å². The van der Waals surface area contributed by atoms with Gasteiger partial charge in [-0.05, 0) is 28.8 Å². The molecule has 1 aliphatic rings. The third kappa shape index (κ3) is 5.02. The summed E-state index contributed by atoms with van der Waals surface area (Å²) in [5, 5.41) is 8.87. The van der Waals surface area contributed by atoms with Crippen molar-refractivity contribution in [1.82, 2.24) is 0 Å². The first-order valence-electron chi connectivity index (χ1n) is 10.2. The van der Waals surface area contributed by atoms with Crippen LogP contribution in [0.3, 0.4) is 0 Å². The van der Waals surface area contributed by atoms with Crippen LogP contribution in [0.4, 0.5) is 13.2 Å². The summed E-state index contributed by atoms with van der Waals surface area (Å²) < 4.78 is 58.2. The molecule has 1 aliphatic heterocycles. The van der Waals surface area contributed by atoms with Gasteiger partial charge in [0.1, 0.15) is 24.6 Å². The molecule has 0 atom stereocenters. The molecule has 0 amide bonds. The van der Waals surface area contributed by atoms with Crippen LogP contribution in [0.15, 0.2) is 72.8 Å². The molecule has 8 heteroatoms. The standard InChI is InChI=1S/C25H21F3O5/c26-25(27,28)23-18(7-4-8-21(23)17-5-2-1-3-6-17)13-32-20-11-9-19(10-12-20)24(15-31-16-24)33-14-22(29)30/h1-12H,13-16H2,(H,29,30). The van der Waals surface area contributed by atoms with Gasteiger partial charge < -0.3 is 19.3 Å². The molecule has 0 radical (unpaired) electrons. The summed E-state index contributed by atoms with van der Waals surface area (Å²) in [7, 11) is 0. The van der Waals surface area contributed by atoms with Gasteiger partial charge >= 0.3 is 12.1 Å². The Morgan fingerprint density at radius 3 is 2.24 bits per heavy atom. The molecular weight excluding hydrogens is 437 g/mol. The van der Waals surface area contributed by atoms with Gasteiger partial charge in [0.15, 0.2) is 0 Å². The highest BCUT2D eigenvalue weighted by Gasteiger charge is 2.42.